The first-order valence-corrected chi connectivity index (χ1v) is 6.35. The Morgan fingerprint density at radius 1 is 1.19 bits per heavy atom. The summed E-state index contributed by atoms with van der Waals surface area (Å²) in [5.74, 6) is -0.914. The molecule has 0 atom stereocenters. The summed E-state index contributed by atoms with van der Waals surface area (Å²) in [6.45, 7) is 1.79. The van der Waals surface area contributed by atoms with Crippen LogP contribution in [0.25, 0.3) is 0 Å². The molecule has 0 fully saturated rings. The number of urea groups is 1. The minimum absolute atomic E-state index is 0.0845. The predicted octanol–water partition coefficient (Wildman–Crippen LogP) is 2.66. The topological polar surface area (TPSA) is 91.3 Å². The average Bonchev–Trinajstić information content (AvgIpc) is 2.41. The number of aliphatic carboxylic acids is 1. The van der Waals surface area contributed by atoms with Crippen LogP contribution in [-0.4, -0.2) is 22.1 Å². The van der Waals surface area contributed by atoms with Gasteiger partial charge in [0.25, 0.3) is 0 Å². The van der Waals surface area contributed by atoms with E-state index in [0.717, 1.165) is 0 Å². The van der Waals surface area contributed by atoms with E-state index >= 15 is 0 Å². The maximum atomic E-state index is 11.9. The van der Waals surface area contributed by atoms with E-state index in [-0.39, 0.29) is 6.42 Å². The molecule has 0 aliphatic carbocycles. The van der Waals surface area contributed by atoms with Crippen LogP contribution in [0.5, 0.6) is 0 Å². The van der Waals surface area contributed by atoms with Crippen LogP contribution >= 0.6 is 0 Å². The van der Waals surface area contributed by atoms with Gasteiger partial charge in [0.05, 0.1) is 17.8 Å². The number of carboxylic acids is 1. The van der Waals surface area contributed by atoms with Crippen molar-refractivity contribution < 1.29 is 14.7 Å². The lowest BCUT2D eigenvalue weighted by molar-refractivity contribution is -0.136. The maximum absolute atomic E-state index is 11.9. The van der Waals surface area contributed by atoms with Crippen LogP contribution < -0.4 is 10.6 Å². The lowest BCUT2D eigenvalue weighted by Crippen LogP contribution is -2.20. The first-order chi connectivity index (χ1) is 10.0. The molecule has 0 radical (unpaired) electrons. The Bertz CT molecular complexity index is 671. The highest BCUT2D eigenvalue weighted by Gasteiger charge is 2.06. The fraction of sp³-hybridized carbons (Fsp3) is 0.133. The minimum Gasteiger partial charge on any atom is -0.481 e. The van der Waals surface area contributed by atoms with E-state index < -0.39 is 12.0 Å². The monoisotopic (exact) mass is 285 g/mol. The number of rotatable bonds is 4. The third-order valence-electron chi connectivity index (χ3n) is 2.80. The van der Waals surface area contributed by atoms with E-state index in [4.69, 9.17) is 5.11 Å². The number of aryl methyl sites for hydroxylation is 1. The van der Waals surface area contributed by atoms with Crippen molar-refractivity contribution in [3.63, 3.8) is 0 Å². The number of nitrogens with one attached hydrogen (secondary N) is 2. The number of carboxylic acid groups (broad SMARTS) is 1. The number of aromatic nitrogens is 1. The van der Waals surface area contributed by atoms with Gasteiger partial charge in [0.15, 0.2) is 0 Å². The van der Waals surface area contributed by atoms with Crippen molar-refractivity contribution in [1.82, 2.24) is 4.98 Å². The second-order valence-corrected chi connectivity index (χ2v) is 4.49. The van der Waals surface area contributed by atoms with Crippen LogP contribution in [0.1, 0.15) is 11.3 Å². The molecule has 3 N–H and O–H groups in total. The van der Waals surface area contributed by atoms with E-state index in [0.29, 0.717) is 22.6 Å². The van der Waals surface area contributed by atoms with Gasteiger partial charge in [0, 0.05) is 11.9 Å². The predicted molar refractivity (Wildman–Crippen MR) is 79.4 cm³/mol. The fourth-order valence-electron chi connectivity index (χ4n) is 1.83. The molecule has 6 heteroatoms. The summed E-state index contributed by atoms with van der Waals surface area (Å²) in [6.07, 6.45) is 1.56. The molecule has 2 aromatic rings. The average molecular weight is 285 g/mol. The highest BCUT2D eigenvalue weighted by Crippen LogP contribution is 2.14. The molecule has 21 heavy (non-hydrogen) atoms. The number of nitrogens with zero attached hydrogens (tertiary/aromatic N) is 1. The summed E-state index contributed by atoms with van der Waals surface area (Å²) in [4.78, 5) is 26.7. The minimum atomic E-state index is -0.914. The van der Waals surface area contributed by atoms with E-state index in [1.807, 2.05) is 0 Å². The quantitative estimate of drug-likeness (QED) is 0.805. The Labute approximate surface area is 121 Å². The van der Waals surface area contributed by atoms with E-state index in [1.54, 1.807) is 49.5 Å². The molecule has 108 valence electrons. The maximum Gasteiger partial charge on any atom is 0.323 e. The number of amides is 2. The van der Waals surface area contributed by atoms with Crippen molar-refractivity contribution in [3.05, 3.63) is 53.9 Å². The number of anilines is 2. The lowest BCUT2D eigenvalue weighted by atomic mass is 10.1. The summed E-state index contributed by atoms with van der Waals surface area (Å²) in [5, 5.41) is 14.1. The van der Waals surface area contributed by atoms with Gasteiger partial charge in [-0.2, -0.15) is 0 Å². The zero-order chi connectivity index (χ0) is 15.2. The molecule has 0 unspecified atom stereocenters. The highest BCUT2D eigenvalue weighted by molar-refractivity contribution is 6.00. The van der Waals surface area contributed by atoms with Crippen molar-refractivity contribution in [2.24, 2.45) is 0 Å². The van der Waals surface area contributed by atoms with Gasteiger partial charge in [-0.15, -0.1) is 0 Å². The molecule has 0 aliphatic heterocycles. The van der Waals surface area contributed by atoms with Gasteiger partial charge in [-0.25, -0.2) is 4.79 Å². The Morgan fingerprint density at radius 3 is 2.71 bits per heavy atom. The van der Waals surface area contributed by atoms with Crippen molar-refractivity contribution in [2.45, 2.75) is 13.3 Å². The van der Waals surface area contributed by atoms with Gasteiger partial charge in [-0.3, -0.25) is 9.78 Å². The zero-order valence-corrected chi connectivity index (χ0v) is 11.5. The van der Waals surface area contributed by atoms with Crippen LogP contribution in [-0.2, 0) is 11.2 Å². The Kier molecular flexibility index (Phi) is 4.50. The van der Waals surface area contributed by atoms with E-state index in [2.05, 4.69) is 15.6 Å². The van der Waals surface area contributed by atoms with Crippen molar-refractivity contribution in [3.8, 4) is 0 Å². The molecular weight excluding hydrogens is 270 g/mol. The summed E-state index contributed by atoms with van der Waals surface area (Å²) < 4.78 is 0. The van der Waals surface area contributed by atoms with Crippen LogP contribution in [0.2, 0.25) is 0 Å². The molecule has 0 bridgehead atoms. The zero-order valence-electron chi connectivity index (χ0n) is 11.5. The Morgan fingerprint density at radius 2 is 2.00 bits per heavy atom. The number of hydrogen-bond acceptors (Lipinski definition) is 3. The number of hydrogen-bond donors (Lipinski definition) is 3. The SMILES string of the molecule is Cc1ncccc1NC(=O)Nc1cccc(CC(=O)O)c1. The second kappa shape index (κ2) is 6.51. The van der Waals surface area contributed by atoms with Crippen LogP contribution in [0, 0.1) is 6.92 Å². The molecule has 0 aliphatic rings. The van der Waals surface area contributed by atoms with Gasteiger partial charge >= 0.3 is 12.0 Å². The van der Waals surface area contributed by atoms with Gasteiger partial charge in [0.1, 0.15) is 0 Å². The molecule has 2 amide bonds. The summed E-state index contributed by atoms with van der Waals surface area (Å²) in [7, 11) is 0. The van der Waals surface area contributed by atoms with Crippen molar-refractivity contribution in [2.75, 3.05) is 10.6 Å². The molecule has 0 saturated heterocycles. The lowest BCUT2D eigenvalue weighted by Gasteiger charge is -2.09. The van der Waals surface area contributed by atoms with Crippen molar-refractivity contribution >= 4 is 23.4 Å². The van der Waals surface area contributed by atoms with Gasteiger partial charge in [-0.05, 0) is 36.8 Å². The molecule has 6 nitrogen and oxygen atoms in total. The standard InChI is InChI=1S/C15H15N3O3/c1-10-13(6-3-7-16-10)18-15(21)17-12-5-2-4-11(8-12)9-14(19)20/h2-8H,9H2,1H3,(H,19,20)(H2,17,18,21). The summed E-state index contributed by atoms with van der Waals surface area (Å²) in [5.41, 5.74) is 2.50. The molecule has 0 spiro atoms. The number of pyridine rings is 1. The van der Waals surface area contributed by atoms with E-state index in [9.17, 15) is 9.59 Å². The first-order valence-electron chi connectivity index (χ1n) is 6.35. The Hall–Kier alpha value is -2.89. The molecule has 1 aromatic carbocycles. The molecule has 1 heterocycles. The second-order valence-electron chi connectivity index (χ2n) is 4.49. The van der Waals surface area contributed by atoms with Crippen LogP contribution in [0.4, 0.5) is 16.2 Å². The smallest absolute Gasteiger partial charge is 0.323 e. The number of carbonyl (C=O) groups excluding carboxylic acids is 1. The normalized spacial score (nSPS) is 9.95. The Balaban J connectivity index is 2.03. The molecular formula is C15H15N3O3. The molecule has 1 aromatic heterocycles. The summed E-state index contributed by atoms with van der Waals surface area (Å²) >= 11 is 0. The van der Waals surface area contributed by atoms with Crippen LogP contribution in [0.3, 0.4) is 0 Å². The highest BCUT2D eigenvalue weighted by atomic mass is 16.4. The largest absolute Gasteiger partial charge is 0.481 e. The third-order valence-corrected chi connectivity index (χ3v) is 2.80. The number of carbonyl (C=O) groups is 2. The molecule has 2 rings (SSSR count). The summed E-state index contributed by atoms with van der Waals surface area (Å²) in [6, 6.07) is 9.80. The van der Waals surface area contributed by atoms with Gasteiger partial charge in [-0.1, -0.05) is 12.1 Å². The van der Waals surface area contributed by atoms with E-state index in [1.165, 1.54) is 0 Å². The molecule has 0 saturated carbocycles. The fourth-order valence-corrected chi connectivity index (χ4v) is 1.83. The van der Waals surface area contributed by atoms with Gasteiger partial charge in [0.2, 0.25) is 0 Å². The number of benzene rings is 1. The first kappa shape index (κ1) is 14.5. The third kappa shape index (κ3) is 4.31. The van der Waals surface area contributed by atoms with Crippen molar-refractivity contribution in [1.29, 1.82) is 0 Å². The van der Waals surface area contributed by atoms with Crippen LogP contribution in [0.15, 0.2) is 42.6 Å². The van der Waals surface area contributed by atoms with Gasteiger partial charge < -0.3 is 15.7 Å².